The average molecular weight is 272 g/mol. The number of benzene rings is 1. The second-order valence-corrected chi connectivity index (χ2v) is 3.73. The van der Waals surface area contributed by atoms with E-state index in [0.29, 0.717) is 5.01 Å². The van der Waals surface area contributed by atoms with Gasteiger partial charge >= 0.3 is 6.03 Å². The minimum atomic E-state index is -0.719. The van der Waals surface area contributed by atoms with Crippen LogP contribution in [-0.4, -0.2) is 29.8 Å². The smallest absolute Gasteiger partial charge is 0.352 e. The Morgan fingerprint density at radius 3 is 2.58 bits per heavy atom. The zero-order valence-electron chi connectivity index (χ0n) is 10.8. The highest BCUT2D eigenvalue weighted by Gasteiger charge is 2.22. The van der Waals surface area contributed by atoms with Crippen molar-refractivity contribution in [3.05, 3.63) is 23.5 Å². The van der Waals surface area contributed by atoms with E-state index in [2.05, 4.69) is 0 Å². The fourth-order valence-corrected chi connectivity index (χ4v) is 1.54. The molecule has 0 radical (unpaired) electrons. The van der Waals surface area contributed by atoms with E-state index in [4.69, 9.17) is 16.4 Å². The molecular formula is C11H17FN4O3. The van der Waals surface area contributed by atoms with E-state index in [9.17, 15) is 14.3 Å². The van der Waals surface area contributed by atoms with Gasteiger partial charge in [0.25, 0.3) is 0 Å². The van der Waals surface area contributed by atoms with Crippen molar-refractivity contribution in [2.75, 3.05) is 18.7 Å². The number of halogens is 1. The molecule has 0 aliphatic rings. The Hall–Kier alpha value is -1.90. The Morgan fingerprint density at radius 1 is 1.47 bits per heavy atom. The number of carbonyl (C=O) groups is 1. The van der Waals surface area contributed by atoms with E-state index in [1.54, 1.807) is 6.92 Å². The number of amides is 2. The molecule has 1 aromatic rings. The Balaban J connectivity index is 3.28. The molecule has 0 aliphatic carbocycles. The standard InChI is InChI=1S/C11H17FN4O3/c1-3-19-10-7(6-17)9(5-4-8(10)12)16(14)11(18)15(2)13/h4-5,17H,3,6,13-14H2,1-2H3. The van der Waals surface area contributed by atoms with Crippen molar-refractivity contribution in [1.29, 1.82) is 0 Å². The van der Waals surface area contributed by atoms with Crippen LogP contribution in [0.2, 0.25) is 0 Å². The van der Waals surface area contributed by atoms with Crippen LogP contribution in [-0.2, 0) is 6.61 Å². The van der Waals surface area contributed by atoms with Crippen molar-refractivity contribution >= 4 is 11.7 Å². The van der Waals surface area contributed by atoms with Gasteiger partial charge in [0.15, 0.2) is 11.6 Å². The van der Waals surface area contributed by atoms with E-state index in [1.165, 1.54) is 13.1 Å². The summed E-state index contributed by atoms with van der Waals surface area (Å²) in [6.45, 7) is 1.35. The van der Waals surface area contributed by atoms with Gasteiger partial charge in [0.1, 0.15) is 0 Å². The Kier molecular flexibility index (Phi) is 5.04. The number of hydrogen-bond acceptors (Lipinski definition) is 5. The molecule has 0 unspecified atom stereocenters. The van der Waals surface area contributed by atoms with Crippen LogP contribution >= 0.6 is 0 Å². The molecule has 0 saturated carbocycles. The SMILES string of the molecule is CCOc1c(F)ccc(N(N)C(=O)N(C)N)c1CO. The number of aliphatic hydroxyl groups excluding tert-OH is 1. The van der Waals surface area contributed by atoms with Gasteiger partial charge in [0, 0.05) is 12.6 Å². The Labute approximate surface area is 110 Å². The lowest BCUT2D eigenvalue weighted by Crippen LogP contribution is -2.49. The normalized spacial score (nSPS) is 10.2. The molecule has 0 bridgehead atoms. The van der Waals surface area contributed by atoms with E-state index in [-0.39, 0.29) is 23.6 Å². The highest BCUT2D eigenvalue weighted by Crippen LogP contribution is 2.31. The molecule has 0 fully saturated rings. The number of carbonyl (C=O) groups excluding carboxylic acids is 1. The minimum absolute atomic E-state index is 0.0829. The van der Waals surface area contributed by atoms with Crippen LogP contribution in [0.25, 0.3) is 0 Å². The lowest BCUT2D eigenvalue weighted by Gasteiger charge is -2.24. The lowest BCUT2D eigenvalue weighted by atomic mass is 10.1. The number of rotatable bonds is 4. The van der Waals surface area contributed by atoms with Gasteiger partial charge in [0.2, 0.25) is 0 Å². The largest absolute Gasteiger partial charge is 0.490 e. The summed E-state index contributed by atoms with van der Waals surface area (Å²) in [5, 5.41) is 10.8. The Morgan fingerprint density at radius 2 is 2.11 bits per heavy atom. The molecule has 1 aromatic carbocycles. The predicted octanol–water partition coefficient (Wildman–Crippen LogP) is 0.322. The number of urea groups is 1. The lowest BCUT2D eigenvalue weighted by molar-refractivity contribution is 0.216. The van der Waals surface area contributed by atoms with Crippen molar-refractivity contribution in [3.63, 3.8) is 0 Å². The molecule has 0 atom stereocenters. The van der Waals surface area contributed by atoms with E-state index in [1.807, 2.05) is 0 Å². The van der Waals surface area contributed by atoms with Crippen molar-refractivity contribution in [2.45, 2.75) is 13.5 Å². The van der Waals surface area contributed by atoms with Crippen molar-refractivity contribution < 1.29 is 19.0 Å². The van der Waals surface area contributed by atoms with Gasteiger partial charge in [-0.1, -0.05) is 0 Å². The third-order valence-electron chi connectivity index (χ3n) is 2.40. The fourth-order valence-electron chi connectivity index (χ4n) is 1.54. The molecule has 0 saturated heterocycles. The summed E-state index contributed by atoms with van der Waals surface area (Å²) in [5.74, 6) is 10.1. The van der Waals surface area contributed by atoms with Gasteiger partial charge in [-0.3, -0.25) is 5.01 Å². The van der Waals surface area contributed by atoms with Crippen molar-refractivity contribution in [2.24, 2.45) is 11.7 Å². The van der Waals surface area contributed by atoms with Crippen LogP contribution < -0.4 is 21.4 Å². The van der Waals surface area contributed by atoms with Crippen molar-refractivity contribution in [1.82, 2.24) is 5.01 Å². The van der Waals surface area contributed by atoms with Gasteiger partial charge in [-0.05, 0) is 19.1 Å². The molecule has 106 valence electrons. The second-order valence-electron chi connectivity index (χ2n) is 3.73. The third-order valence-corrected chi connectivity index (χ3v) is 2.40. The van der Waals surface area contributed by atoms with Gasteiger partial charge in [-0.15, -0.1) is 0 Å². The summed E-state index contributed by atoms with van der Waals surface area (Å²) >= 11 is 0. The van der Waals surface area contributed by atoms with Crippen LogP contribution in [0.1, 0.15) is 12.5 Å². The first kappa shape index (κ1) is 15.2. The maximum absolute atomic E-state index is 13.6. The quantitative estimate of drug-likeness (QED) is 0.416. The number of nitrogens with zero attached hydrogens (tertiary/aromatic N) is 2. The molecular weight excluding hydrogens is 255 g/mol. The molecule has 5 N–H and O–H groups in total. The van der Waals surface area contributed by atoms with Crippen LogP contribution in [0.3, 0.4) is 0 Å². The first-order chi connectivity index (χ1) is 8.93. The number of aliphatic hydroxyl groups is 1. The highest BCUT2D eigenvalue weighted by atomic mass is 19.1. The Bertz CT molecular complexity index is 467. The summed E-state index contributed by atoms with van der Waals surface area (Å²) in [4.78, 5) is 11.7. The zero-order valence-corrected chi connectivity index (χ0v) is 10.8. The number of hydrazine groups is 2. The number of ether oxygens (including phenoxy) is 1. The first-order valence-corrected chi connectivity index (χ1v) is 5.56. The van der Waals surface area contributed by atoms with E-state index < -0.39 is 18.5 Å². The van der Waals surface area contributed by atoms with E-state index >= 15 is 0 Å². The molecule has 2 amide bonds. The van der Waals surface area contributed by atoms with Gasteiger partial charge < -0.3 is 9.84 Å². The molecule has 1 rings (SSSR count). The molecule has 0 heterocycles. The molecule has 0 spiro atoms. The first-order valence-electron chi connectivity index (χ1n) is 5.56. The van der Waals surface area contributed by atoms with E-state index in [0.717, 1.165) is 11.1 Å². The van der Waals surface area contributed by atoms with Gasteiger partial charge in [-0.25, -0.2) is 25.9 Å². The number of anilines is 1. The predicted molar refractivity (Wildman–Crippen MR) is 67.5 cm³/mol. The monoisotopic (exact) mass is 272 g/mol. The van der Waals surface area contributed by atoms with Crippen LogP contribution in [0.4, 0.5) is 14.9 Å². The zero-order chi connectivity index (χ0) is 14.6. The van der Waals surface area contributed by atoms with Gasteiger partial charge in [-0.2, -0.15) is 0 Å². The second kappa shape index (κ2) is 6.32. The molecule has 0 aromatic heterocycles. The molecule has 0 aliphatic heterocycles. The average Bonchev–Trinajstić information content (AvgIpc) is 2.39. The van der Waals surface area contributed by atoms with Crippen LogP contribution in [0.5, 0.6) is 5.75 Å². The maximum atomic E-state index is 13.6. The van der Waals surface area contributed by atoms with Gasteiger partial charge in [0.05, 0.1) is 18.9 Å². The third kappa shape index (κ3) is 3.11. The highest BCUT2D eigenvalue weighted by molar-refractivity contribution is 5.91. The summed E-state index contributed by atoms with van der Waals surface area (Å²) in [6, 6.07) is 1.65. The van der Waals surface area contributed by atoms with Crippen LogP contribution in [0.15, 0.2) is 12.1 Å². The molecule has 8 heteroatoms. The minimum Gasteiger partial charge on any atom is -0.490 e. The summed E-state index contributed by atoms with van der Waals surface area (Å²) in [7, 11) is 1.31. The topological polar surface area (TPSA) is 105 Å². The summed E-state index contributed by atoms with van der Waals surface area (Å²) in [6.07, 6.45) is 0. The molecule has 19 heavy (non-hydrogen) atoms. The summed E-state index contributed by atoms with van der Waals surface area (Å²) in [5.41, 5.74) is 0.203. The summed E-state index contributed by atoms with van der Waals surface area (Å²) < 4.78 is 18.7. The molecule has 7 nitrogen and oxygen atoms in total. The number of nitrogens with two attached hydrogens (primary N) is 2. The van der Waals surface area contributed by atoms with Crippen molar-refractivity contribution in [3.8, 4) is 5.75 Å². The number of hydrogen-bond donors (Lipinski definition) is 3. The van der Waals surface area contributed by atoms with Crippen LogP contribution in [0, 0.1) is 5.82 Å². The fraction of sp³-hybridized carbons (Fsp3) is 0.364. The maximum Gasteiger partial charge on any atom is 0.352 e.